The number of amides is 1. The van der Waals surface area contributed by atoms with Crippen LogP contribution in [-0.4, -0.2) is 20.9 Å². The van der Waals surface area contributed by atoms with Gasteiger partial charge in [0, 0.05) is 16.5 Å². The second-order valence-corrected chi connectivity index (χ2v) is 5.63. The molecule has 4 aromatic rings. The molecule has 0 unspecified atom stereocenters. The first-order chi connectivity index (χ1) is 12.3. The quantitative estimate of drug-likeness (QED) is 0.444. The van der Waals surface area contributed by atoms with Gasteiger partial charge >= 0.3 is 0 Å². The maximum atomic E-state index is 11.5. The van der Waals surface area contributed by atoms with Crippen LogP contribution in [0, 0.1) is 0 Å². The Labute approximate surface area is 144 Å². The highest BCUT2D eigenvalue weighted by Gasteiger charge is 2.13. The van der Waals surface area contributed by atoms with E-state index in [1.807, 2.05) is 53.2 Å². The van der Waals surface area contributed by atoms with Crippen LogP contribution in [0.5, 0.6) is 0 Å². The zero-order valence-corrected chi connectivity index (χ0v) is 13.3. The van der Waals surface area contributed by atoms with E-state index in [2.05, 4.69) is 6.07 Å². The van der Waals surface area contributed by atoms with E-state index in [1.165, 1.54) is 0 Å². The molecular weight excluding hydrogens is 314 g/mol. The van der Waals surface area contributed by atoms with E-state index < -0.39 is 5.91 Å². The summed E-state index contributed by atoms with van der Waals surface area (Å²) in [6, 6.07) is 25.0. The molecular formula is C20H15N3O2. The summed E-state index contributed by atoms with van der Waals surface area (Å²) in [5, 5.41) is 14.6. The van der Waals surface area contributed by atoms with Crippen molar-refractivity contribution in [2.45, 2.75) is 0 Å². The van der Waals surface area contributed by atoms with Crippen molar-refractivity contribution in [2.75, 3.05) is 0 Å². The summed E-state index contributed by atoms with van der Waals surface area (Å²) in [6.07, 6.45) is 0. The summed E-state index contributed by atoms with van der Waals surface area (Å²) in [4.78, 5) is 11.5. The normalized spacial score (nSPS) is 10.8. The number of nitrogens with one attached hydrogen (secondary N) is 1. The molecule has 0 aliphatic rings. The van der Waals surface area contributed by atoms with Gasteiger partial charge in [-0.15, -0.1) is 0 Å². The van der Waals surface area contributed by atoms with Crippen LogP contribution in [0.15, 0.2) is 78.9 Å². The molecule has 0 aliphatic heterocycles. The molecule has 2 N–H and O–H groups in total. The Bertz CT molecular complexity index is 1040. The van der Waals surface area contributed by atoms with Gasteiger partial charge in [0.05, 0.1) is 11.2 Å². The van der Waals surface area contributed by atoms with Crippen LogP contribution < -0.4 is 5.48 Å². The summed E-state index contributed by atoms with van der Waals surface area (Å²) in [5.41, 5.74) is 5.80. The van der Waals surface area contributed by atoms with Gasteiger partial charge in [0.1, 0.15) is 5.69 Å². The van der Waals surface area contributed by atoms with Gasteiger partial charge in [0.15, 0.2) is 0 Å². The maximum Gasteiger partial charge on any atom is 0.274 e. The third-order valence-corrected chi connectivity index (χ3v) is 4.11. The van der Waals surface area contributed by atoms with Gasteiger partial charge in [-0.2, -0.15) is 5.10 Å². The molecule has 4 rings (SSSR count). The van der Waals surface area contributed by atoms with E-state index in [9.17, 15) is 4.79 Å². The second kappa shape index (κ2) is 6.22. The molecule has 25 heavy (non-hydrogen) atoms. The summed E-state index contributed by atoms with van der Waals surface area (Å²) in [6.45, 7) is 0. The molecule has 3 aromatic carbocycles. The van der Waals surface area contributed by atoms with Crippen LogP contribution in [-0.2, 0) is 0 Å². The molecule has 0 atom stereocenters. The zero-order chi connectivity index (χ0) is 17.2. The standard InChI is InChI=1S/C20H15N3O2/c24-20(22-25)15-10-12-16(13-11-15)23-18-9-5-4-8-17(18)19(21-23)14-6-2-1-3-7-14/h1-13,25H,(H,22,24). The molecule has 0 saturated heterocycles. The van der Waals surface area contributed by atoms with Crippen molar-refractivity contribution >= 4 is 16.8 Å². The third-order valence-electron chi connectivity index (χ3n) is 4.11. The molecule has 0 aliphatic carbocycles. The number of rotatable bonds is 3. The number of nitrogens with zero attached hydrogens (tertiary/aromatic N) is 2. The number of hydrogen-bond donors (Lipinski definition) is 2. The molecule has 0 saturated carbocycles. The van der Waals surface area contributed by atoms with Crippen LogP contribution in [0.2, 0.25) is 0 Å². The number of para-hydroxylation sites is 1. The number of benzene rings is 3. The van der Waals surface area contributed by atoms with E-state index in [4.69, 9.17) is 10.3 Å². The Hall–Kier alpha value is -3.44. The smallest absolute Gasteiger partial charge is 0.274 e. The molecule has 0 spiro atoms. The first kappa shape index (κ1) is 15.1. The first-order valence-electron chi connectivity index (χ1n) is 7.86. The largest absolute Gasteiger partial charge is 0.288 e. The minimum atomic E-state index is -0.540. The minimum Gasteiger partial charge on any atom is -0.288 e. The number of carbonyl (C=O) groups excluding carboxylic acids is 1. The van der Waals surface area contributed by atoms with Crippen molar-refractivity contribution in [1.82, 2.24) is 15.3 Å². The Morgan fingerprint density at radius 3 is 2.28 bits per heavy atom. The van der Waals surface area contributed by atoms with Crippen LogP contribution in [0.3, 0.4) is 0 Å². The summed E-state index contributed by atoms with van der Waals surface area (Å²) in [7, 11) is 0. The van der Waals surface area contributed by atoms with E-state index in [-0.39, 0.29) is 0 Å². The van der Waals surface area contributed by atoms with Gasteiger partial charge in [-0.3, -0.25) is 10.0 Å². The van der Waals surface area contributed by atoms with Crippen LogP contribution in [0.4, 0.5) is 0 Å². The molecule has 122 valence electrons. The fraction of sp³-hybridized carbons (Fsp3) is 0. The van der Waals surface area contributed by atoms with Crippen molar-refractivity contribution in [3.05, 3.63) is 84.4 Å². The lowest BCUT2D eigenvalue weighted by Crippen LogP contribution is -2.18. The fourth-order valence-corrected chi connectivity index (χ4v) is 2.89. The highest BCUT2D eigenvalue weighted by atomic mass is 16.5. The lowest BCUT2D eigenvalue weighted by molar-refractivity contribution is 0.0706. The van der Waals surface area contributed by atoms with Crippen molar-refractivity contribution in [1.29, 1.82) is 0 Å². The lowest BCUT2D eigenvalue weighted by atomic mass is 10.1. The van der Waals surface area contributed by atoms with Gasteiger partial charge in [0.2, 0.25) is 0 Å². The highest BCUT2D eigenvalue weighted by molar-refractivity contribution is 5.95. The molecule has 5 nitrogen and oxygen atoms in total. The topological polar surface area (TPSA) is 67.2 Å². The third kappa shape index (κ3) is 2.66. The van der Waals surface area contributed by atoms with Crippen molar-refractivity contribution in [3.63, 3.8) is 0 Å². The second-order valence-electron chi connectivity index (χ2n) is 5.63. The molecule has 1 aromatic heterocycles. The predicted molar refractivity (Wildman–Crippen MR) is 95.8 cm³/mol. The zero-order valence-electron chi connectivity index (χ0n) is 13.3. The molecule has 1 amide bonds. The first-order valence-corrected chi connectivity index (χ1v) is 7.86. The van der Waals surface area contributed by atoms with E-state index >= 15 is 0 Å². The average molecular weight is 329 g/mol. The van der Waals surface area contributed by atoms with Gasteiger partial charge in [-0.05, 0) is 30.3 Å². The van der Waals surface area contributed by atoms with E-state index in [0.29, 0.717) is 5.56 Å². The van der Waals surface area contributed by atoms with Crippen molar-refractivity contribution in [2.24, 2.45) is 0 Å². The van der Waals surface area contributed by atoms with E-state index in [1.54, 1.807) is 29.7 Å². The fourth-order valence-electron chi connectivity index (χ4n) is 2.89. The minimum absolute atomic E-state index is 0.381. The van der Waals surface area contributed by atoms with Gasteiger partial charge in [-0.1, -0.05) is 48.5 Å². The van der Waals surface area contributed by atoms with Gasteiger partial charge < -0.3 is 0 Å². The Kier molecular flexibility index (Phi) is 3.76. The SMILES string of the molecule is O=C(NO)c1ccc(-n2nc(-c3ccccc3)c3ccccc32)cc1. The number of fused-ring (bicyclic) bond motifs is 1. The summed E-state index contributed by atoms with van der Waals surface area (Å²) < 4.78 is 1.86. The number of aromatic nitrogens is 2. The molecule has 5 heteroatoms. The Morgan fingerprint density at radius 1 is 0.880 bits per heavy atom. The number of carbonyl (C=O) groups is 1. The Morgan fingerprint density at radius 2 is 1.56 bits per heavy atom. The predicted octanol–water partition coefficient (Wildman–Crippen LogP) is 3.81. The van der Waals surface area contributed by atoms with Crippen LogP contribution >= 0.6 is 0 Å². The Balaban J connectivity index is 1.87. The molecule has 0 fully saturated rings. The van der Waals surface area contributed by atoms with E-state index in [0.717, 1.165) is 27.8 Å². The van der Waals surface area contributed by atoms with Crippen LogP contribution in [0.25, 0.3) is 27.8 Å². The average Bonchev–Trinajstić information content (AvgIpc) is 3.08. The number of hydroxylamine groups is 1. The van der Waals surface area contributed by atoms with Crippen molar-refractivity contribution in [3.8, 4) is 16.9 Å². The lowest BCUT2D eigenvalue weighted by Gasteiger charge is -2.05. The van der Waals surface area contributed by atoms with Gasteiger partial charge in [0.25, 0.3) is 5.91 Å². The highest BCUT2D eigenvalue weighted by Crippen LogP contribution is 2.29. The summed E-state index contributed by atoms with van der Waals surface area (Å²) in [5.74, 6) is -0.540. The maximum absolute atomic E-state index is 11.5. The van der Waals surface area contributed by atoms with Crippen LogP contribution in [0.1, 0.15) is 10.4 Å². The van der Waals surface area contributed by atoms with Gasteiger partial charge in [-0.25, -0.2) is 10.2 Å². The molecule has 0 radical (unpaired) electrons. The summed E-state index contributed by atoms with van der Waals surface area (Å²) >= 11 is 0. The van der Waals surface area contributed by atoms with Crippen molar-refractivity contribution < 1.29 is 10.0 Å². The molecule has 1 heterocycles. The molecule has 0 bridgehead atoms. The number of hydrogen-bond acceptors (Lipinski definition) is 3. The monoisotopic (exact) mass is 329 g/mol.